The molecule has 0 aromatic heterocycles. The summed E-state index contributed by atoms with van der Waals surface area (Å²) in [5.74, 6) is 2.56. The molecule has 1 atom stereocenters. The average molecular weight is 278 g/mol. The van der Waals surface area contributed by atoms with Gasteiger partial charge in [-0.1, -0.05) is 31.2 Å². The topological polar surface area (TPSA) is 15.3 Å². The zero-order chi connectivity index (χ0) is 13.5. The zero-order valence-corrected chi connectivity index (χ0v) is 13.0. The SMILES string of the molecule is CCNCCc1ccccc1CN1CCSCC1C. The Kier molecular flexibility index (Phi) is 6.21. The first-order chi connectivity index (χ1) is 9.31. The van der Waals surface area contributed by atoms with E-state index in [1.54, 1.807) is 0 Å². The lowest BCUT2D eigenvalue weighted by Gasteiger charge is -2.33. The standard InChI is InChI=1S/C16H26N2S/c1-3-17-9-8-15-6-4-5-7-16(15)12-18-10-11-19-13-14(18)2/h4-7,14,17H,3,8-13H2,1-2H3. The molecular weight excluding hydrogens is 252 g/mol. The largest absolute Gasteiger partial charge is 0.317 e. The van der Waals surface area contributed by atoms with Crippen LogP contribution in [0, 0.1) is 0 Å². The van der Waals surface area contributed by atoms with Gasteiger partial charge >= 0.3 is 0 Å². The first-order valence-corrected chi connectivity index (χ1v) is 8.56. The minimum absolute atomic E-state index is 0.709. The zero-order valence-electron chi connectivity index (χ0n) is 12.2. The lowest BCUT2D eigenvalue weighted by atomic mass is 10.0. The van der Waals surface area contributed by atoms with Crippen LogP contribution in [0.15, 0.2) is 24.3 Å². The number of nitrogens with zero attached hydrogens (tertiary/aromatic N) is 1. The maximum atomic E-state index is 3.42. The van der Waals surface area contributed by atoms with Crippen molar-refractivity contribution >= 4 is 11.8 Å². The Balaban J connectivity index is 1.98. The van der Waals surface area contributed by atoms with Gasteiger partial charge in [-0.25, -0.2) is 0 Å². The van der Waals surface area contributed by atoms with Crippen molar-refractivity contribution in [2.75, 3.05) is 31.1 Å². The molecule has 1 fully saturated rings. The molecule has 1 aromatic carbocycles. The molecule has 0 aliphatic carbocycles. The summed E-state index contributed by atoms with van der Waals surface area (Å²) in [6.07, 6.45) is 1.14. The van der Waals surface area contributed by atoms with Gasteiger partial charge < -0.3 is 5.32 Å². The number of rotatable bonds is 6. The van der Waals surface area contributed by atoms with E-state index in [1.165, 1.54) is 29.2 Å². The highest BCUT2D eigenvalue weighted by atomic mass is 32.2. The molecule has 0 spiro atoms. The van der Waals surface area contributed by atoms with E-state index >= 15 is 0 Å². The Morgan fingerprint density at radius 3 is 2.84 bits per heavy atom. The lowest BCUT2D eigenvalue weighted by Crippen LogP contribution is -2.39. The highest BCUT2D eigenvalue weighted by Crippen LogP contribution is 2.20. The monoisotopic (exact) mass is 278 g/mol. The van der Waals surface area contributed by atoms with Gasteiger partial charge in [-0.15, -0.1) is 0 Å². The molecule has 1 aromatic rings. The molecule has 1 saturated heterocycles. The first kappa shape index (κ1) is 14.9. The normalized spacial score (nSPS) is 20.6. The summed E-state index contributed by atoms with van der Waals surface area (Å²) in [4.78, 5) is 2.63. The Morgan fingerprint density at radius 2 is 2.11 bits per heavy atom. The summed E-state index contributed by atoms with van der Waals surface area (Å²) in [5, 5.41) is 3.42. The average Bonchev–Trinajstić information content (AvgIpc) is 2.43. The van der Waals surface area contributed by atoms with Crippen molar-refractivity contribution in [1.82, 2.24) is 10.2 Å². The second-order valence-corrected chi connectivity index (χ2v) is 6.42. The van der Waals surface area contributed by atoms with Gasteiger partial charge in [0.05, 0.1) is 0 Å². The maximum absolute atomic E-state index is 3.42. The molecule has 1 unspecified atom stereocenters. The smallest absolute Gasteiger partial charge is 0.0239 e. The molecule has 0 bridgehead atoms. The van der Waals surface area contributed by atoms with Gasteiger partial charge in [-0.3, -0.25) is 4.90 Å². The van der Waals surface area contributed by atoms with E-state index in [2.05, 4.69) is 60.1 Å². The van der Waals surface area contributed by atoms with Crippen molar-refractivity contribution in [2.45, 2.75) is 32.9 Å². The van der Waals surface area contributed by atoms with Crippen LogP contribution in [-0.2, 0) is 13.0 Å². The van der Waals surface area contributed by atoms with Crippen LogP contribution in [0.5, 0.6) is 0 Å². The fourth-order valence-corrected chi connectivity index (χ4v) is 3.65. The molecule has 0 amide bonds. The van der Waals surface area contributed by atoms with Crippen molar-refractivity contribution in [3.63, 3.8) is 0 Å². The van der Waals surface area contributed by atoms with Gasteiger partial charge in [-0.2, -0.15) is 11.8 Å². The van der Waals surface area contributed by atoms with Crippen LogP contribution >= 0.6 is 11.8 Å². The van der Waals surface area contributed by atoms with Crippen LogP contribution in [0.3, 0.4) is 0 Å². The molecule has 1 aliphatic rings. The quantitative estimate of drug-likeness (QED) is 0.806. The molecule has 2 rings (SSSR count). The van der Waals surface area contributed by atoms with Crippen molar-refractivity contribution < 1.29 is 0 Å². The van der Waals surface area contributed by atoms with Gasteiger partial charge in [0.1, 0.15) is 0 Å². The summed E-state index contributed by atoms with van der Waals surface area (Å²) < 4.78 is 0. The van der Waals surface area contributed by atoms with Crippen LogP contribution in [0.1, 0.15) is 25.0 Å². The van der Waals surface area contributed by atoms with Gasteiger partial charge in [-0.05, 0) is 37.6 Å². The van der Waals surface area contributed by atoms with Crippen molar-refractivity contribution in [2.24, 2.45) is 0 Å². The predicted octanol–water partition coefficient (Wildman–Crippen LogP) is 2.78. The Hall–Kier alpha value is -0.510. The van der Waals surface area contributed by atoms with E-state index < -0.39 is 0 Å². The predicted molar refractivity (Wildman–Crippen MR) is 85.9 cm³/mol. The van der Waals surface area contributed by atoms with Gasteiger partial charge in [0.15, 0.2) is 0 Å². The molecular formula is C16H26N2S. The summed E-state index contributed by atoms with van der Waals surface area (Å²) in [6, 6.07) is 9.64. The molecule has 1 heterocycles. The van der Waals surface area contributed by atoms with Crippen LogP contribution in [0.25, 0.3) is 0 Å². The van der Waals surface area contributed by atoms with Crippen molar-refractivity contribution in [3.05, 3.63) is 35.4 Å². The third-order valence-electron chi connectivity index (χ3n) is 3.82. The second-order valence-electron chi connectivity index (χ2n) is 5.27. The van der Waals surface area contributed by atoms with Crippen LogP contribution in [0.4, 0.5) is 0 Å². The third kappa shape index (κ3) is 4.51. The van der Waals surface area contributed by atoms with E-state index in [0.29, 0.717) is 6.04 Å². The minimum Gasteiger partial charge on any atom is -0.317 e. The molecule has 106 valence electrons. The summed E-state index contributed by atoms with van der Waals surface area (Å²) >= 11 is 2.09. The lowest BCUT2D eigenvalue weighted by molar-refractivity contribution is 0.223. The van der Waals surface area contributed by atoms with E-state index in [1.807, 2.05) is 0 Å². The number of hydrogen-bond donors (Lipinski definition) is 1. The van der Waals surface area contributed by atoms with Crippen LogP contribution in [-0.4, -0.2) is 42.1 Å². The van der Waals surface area contributed by atoms with Gasteiger partial charge in [0, 0.05) is 30.6 Å². The van der Waals surface area contributed by atoms with E-state index in [4.69, 9.17) is 0 Å². The fourth-order valence-electron chi connectivity index (χ4n) is 2.57. The number of benzene rings is 1. The number of nitrogens with one attached hydrogen (secondary N) is 1. The highest BCUT2D eigenvalue weighted by Gasteiger charge is 2.19. The second kappa shape index (κ2) is 7.93. The molecule has 0 radical (unpaired) electrons. The molecule has 19 heavy (non-hydrogen) atoms. The molecule has 0 saturated carbocycles. The Labute approximate surface area is 122 Å². The number of hydrogen-bond acceptors (Lipinski definition) is 3. The third-order valence-corrected chi connectivity index (χ3v) is 5.01. The Morgan fingerprint density at radius 1 is 1.32 bits per heavy atom. The summed E-state index contributed by atoms with van der Waals surface area (Å²) in [7, 11) is 0. The number of thioether (sulfide) groups is 1. The Bertz CT molecular complexity index is 381. The minimum atomic E-state index is 0.709. The van der Waals surface area contributed by atoms with Gasteiger partial charge in [0.25, 0.3) is 0 Å². The number of likely N-dealkylation sites (N-methyl/N-ethyl adjacent to an activating group) is 1. The maximum Gasteiger partial charge on any atom is 0.0239 e. The van der Waals surface area contributed by atoms with Crippen LogP contribution in [0.2, 0.25) is 0 Å². The van der Waals surface area contributed by atoms with E-state index in [0.717, 1.165) is 26.1 Å². The van der Waals surface area contributed by atoms with Gasteiger partial charge in [0.2, 0.25) is 0 Å². The molecule has 1 aliphatic heterocycles. The van der Waals surface area contributed by atoms with Crippen molar-refractivity contribution in [1.29, 1.82) is 0 Å². The van der Waals surface area contributed by atoms with E-state index in [9.17, 15) is 0 Å². The van der Waals surface area contributed by atoms with E-state index in [-0.39, 0.29) is 0 Å². The van der Waals surface area contributed by atoms with Crippen LogP contribution < -0.4 is 5.32 Å². The molecule has 1 N–H and O–H groups in total. The summed E-state index contributed by atoms with van der Waals surface area (Å²) in [6.45, 7) is 9.01. The first-order valence-electron chi connectivity index (χ1n) is 7.40. The molecule has 3 heteroatoms. The van der Waals surface area contributed by atoms with Crippen molar-refractivity contribution in [3.8, 4) is 0 Å². The molecule has 2 nitrogen and oxygen atoms in total. The fraction of sp³-hybridized carbons (Fsp3) is 0.625. The summed E-state index contributed by atoms with van der Waals surface area (Å²) in [5.41, 5.74) is 3.02. The highest BCUT2D eigenvalue weighted by molar-refractivity contribution is 7.99.